The van der Waals surface area contributed by atoms with Crippen molar-refractivity contribution in [1.82, 2.24) is 0 Å². The van der Waals surface area contributed by atoms with Crippen LogP contribution in [-0.4, -0.2) is 25.2 Å². The fourth-order valence-corrected chi connectivity index (χ4v) is 3.25. The van der Waals surface area contributed by atoms with Crippen molar-refractivity contribution in [2.24, 2.45) is 0 Å². The highest BCUT2D eigenvalue weighted by atomic mass is 35.5. The van der Waals surface area contributed by atoms with Crippen LogP contribution in [0.5, 0.6) is 11.5 Å². The van der Waals surface area contributed by atoms with Crippen LogP contribution in [0.4, 0.5) is 5.69 Å². The highest BCUT2D eigenvalue weighted by molar-refractivity contribution is 6.32. The highest BCUT2D eigenvalue weighted by Crippen LogP contribution is 2.38. The Bertz CT molecular complexity index is 746. The Morgan fingerprint density at radius 1 is 1.16 bits per heavy atom. The van der Waals surface area contributed by atoms with Gasteiger partial charge in [-0.15, -0.1) is 0 Å². The summed E-state index contributed by atoms with van der Waals surface area (Å²) >= 11 is 6.33. The van der Waals surface area contributed by atoms with Crippen LogP contribution in [0.1, 0.15) is 25.8 Å². The quantitative estimate of drug-likeness (QED) is 0.807. The van der Waals surface area contributed by atoms with Crippen molar-refractivity contribution in [2.75, 3.05) is 18.1 Å². The molecule has 0 unspecified atom stereocenters. The zero-order valence-corrected chi connectivity index (χ0v) is 15.3. The molecular weight excluding hydrogens is 338 g/mol. The fourth-order valence-electron chi connectivity index (χ4n) is 2.96. The maximum Gasteiger partial charge on any atom is 0.231 e. The average molecular weight is 360 g/mol. The number of benzene rings is 2. The number of anilines is 1. The minimum absolute atomic E-state index is 0.0201. The number of rotatable bonds is 4. The lowest BCUT2D eigenvalue weighted by molar-refractivity contribution is -0.118. The van der Waals surface area contributed by atoms with Crippen molar-refractivity contribution < 1.29 is 14.3 Å². The van der Waals surface area contributed by atoms with E-state index in [4.69, 9.17) is 21.1 Å². The predicted molar refractivity (Wildman–Crippen MR) is 99.8 cm³/mol. The molecule has 3 rings (SSSR count). The Morgan fingerprint density at radius 3 is 2.60 bits per heavy atom. The van der Waals surface area contributed by atoms with Gasteiger partial charge in [-0.05, 0) is 43.7 Å². The Balaban J connectivity index is 1.84. The van der Waals surface area contributed by atoms with E-state index in [1.807, 2.05) is 50.2 Å². The van der Waals surface area contributed by atoms with Crippen LogP contribution in [0, 0.1) is 0 Å². The van der Waals surface area contributed by atoms with E-state index in [0.29, 0.717) is 29.7 Å². The molecule has 4 nitrogen and oxygen atoms in total. The third-order valence-corrected chi connectivity index (χ3v) is 4.32. The van der Waals surface area contributed by atoms with Crippen LogP contribution in [0.2, 0.25) is 5.02 Å². The Labute approximate surface area is 153 Å². The van der Waals surface area contributed by atoms with E-state index >= 15 is 0 Å². The smallest absolute Gasteiger partial charge is 0.231 e. The zero-order chi connectivity index (χ0) is 17.8. The molecule has 1 heterocycles. The molecule has 0 aromatic heterocycles. The van der Waals surface area contributed by atoms with Gasteiger partial charge in [0.15, 0.2) is 11.5 Å². The summed E-state index contributed by atoms with van der Waals surface area (Å²) in [5, 5.41) is 0.484. The van der Waals surface area contributed by atoms with Gasteiger partial charge in [0.05, 0.1) is 24.7 Å². The molecule has 0 radical (unpaired) electrons. The second kappa shape index (κ2) is 7.79. The number of carbonyl (C=O) groups excluding carboxylic acids is 1. The molecule has 1 aliphatic heterocycles. The fraction of sp³-hybridized carbons (Fsp3) is 0.350. The minimum atomic E-state index is 0.0201. The summed E-state index contributed by atoms with van der Waals surface area (Å²) in [5.41, 5.74) is 1.71. The SMILES string of the molecule is CC(C)N(C(=O)Cc1cc(Cl)c2c(c1)OCCCO2)c1ccccc1. The van der Waals surface area contributed by atoms with Crippen LogP contribution in [-0.2, 0) is 11.2 Å². The van der Waals surface area contributed by atoms with Crippen LogP contribution < -0.4 is 14.4 Å². The Morgan fingerprint density at radius 2 is 1.88 bits per heavy atom. The first kappa shape index (κ1) is 17.6. The number of halogens is 1. The highest BCUT2D eigenvalue weighted by Gasteiger charge is 2.21. The number of hydrogen-bond donors (Lipinski definition) is 0. The van der Waals surface area contributed by atoms with E-state index in [9.17, 15) is 4.79 Å². The standard InChI is InChI=1S/C20H22ClNO3/c1-14(2)22(16-7-4-3-5-8-16)19(23)13-15-11-17(21)20-18(12-15)24-9-6-10-25-20/h3-5,7-8,11-12,14H,6,9-10,13H2,1-2H3. The summed E-state index contributed by atoms with van der Waals surface area (Å²) in [7, 11) is 0. The molecule has 0 bridgehead atoms. The predicted octanol–water partition coefficient (Wildman–Crippen LogP) is 4.49. The number of carbonyl (C=O) groups is 1. The van der Waals surface area contributed by atoms with Gasteiger partial charge in [0, 0.05) is 18.2 Å². The van der Waals surface area contributed by atoms with Crippen molar-refractivity contribution in [3.05, 3.63) is 53.1 Å². The lowest BCUT2D eigenvalue weighted by Crippen LogP contribution is -2.38. The van der Waals surface area contributed by atoms with E-state index in [-0.39, 0.29) is 18.4 Å². The first-order chi connectivity index (χ1) is 12.1. The number of fused-ring (bicyclic) bond motifs is 1. The molecule has 2 aromatic rings. The lowest BCUT2D eigenvalue weighted by atomic mass is 10.1. The summed E-state index contributed by atoms with van der Waals surface area (Å²) in [6, 6.07) is 13.4. The van der Waals surface area contributed by atoms with Gasteiger partial charge in [0.1, 0.15) is 0 Å². The molecule has 25 heavy (non-hydrogen) atoms. The summed E-state index contributed by atoms with van der Waals surface area (Å²) in [5.74, 6) is 1.20. The molecule has 2 aromatic carbocycles. The van der Waals surface area contributed by atoms with Crippen LogP contribution >= 0.6 is 11.6 Å². The van der Waals surface area contributed by atoms with Gasteiger partial charge < -0.3 is 14.4 Å². The van der Waals surface area contributed by atoms with Gasteiger partial charge >= 0.3 is 0 Å². The Kier molecular flexibility index (Phi) is 5.49. The first-order valence-electron chi connectivity index (χ1n) is 8.51. The normalized spacial score (nSPS) is 13.4. The second-order valence-electron chi connectivity index (χ2n) is 6.33. The van der Waals surface area contributed by atoms with Crippen molar-refractivity contribution in [1.29, 1.82) is 0 Å². The zero-order valence-electron chi connectivity index (χ0n) is 14.5. The van der Waals surface area contributed by atoms with Crippen LogP contribution in [0.15, 0.2) is 42.5 Å². The number of ether oxygens (including phenoxy) is 2. The molecule has 0 aliphatic carbocycles. The monoisotopic (exact) mass is 359 g/mol. The van der Waals surface area contributed by atoms with Gasteiger partial charge in [-0.1, -0.05) is 29.8 Å². The molecule has 1 aliphatic rings. The Hall–Kier alpha value is -2.20. The number of hydrogen-bond acceptors (Lipinski definition) is 3. The number of para-hydroxylation sites is 1. The van der Waals surface area contributed by atoms with E-state index in [2.05, 4.69) is 0 Å². The van der Waals surface area contributed by atoms with E-state index in [1.54, 1.807) is 11.0 Å². The number of amides is 1. The molecule has 1 amide bonds. The second-order valence-corrected chi connectivity index (χ2v) is 6.73. The molecule has 0 spiro atoms. The third-order valence-electron chi connectivity index (χ3n) is 4.04. The summed E-state index contributed by atoms with van der Waals surface area (Å²) in [6.07, 6.45) is 1.07. The van der Waals surface area contributed by atoms with Gasteiger partial charge in [0.25, 0.3) is 0 Å². The molecular formula is C20H22ClNO3. The van der Waals surface area contributed by atoms with Crippen molar-refractivity contribution in [3.63, 3.8) is 0 Å². The average Bonchev–Trinajstić information content (AvgIpc) is 2.81. The van der Waals surface area contributed by atoms with Gasteiger partial charge in [-0.25, -0.2) is 0 Å². The van der Waals surface area contributed by atoms with Crippen molar-refractivity contribution >= 4 is 23.2 Å². The van der Waals surface area contributed by atoms with Crippen molar-refractivity contribution in [2.45, 2.75) is 32.7 Å². The minimum Gasteiger partial charge on any atom is -0.489 e. The summed E-state index contributed by atoms with van der Waals surface area (Å²) in [6.45, 7) is 5.18. The first-order valence-corrected chi connectivity index (χ1v) is 8.89. The van der Waals surface area contributed by atoms with Crippen LogP contribution in [0.25, 0.3) is 0 Å². The molecule has 0 saturated carbocycles. The van der Waals surface area contributed by atoms with Crippen LogP contribution in [0.3, 0.4) is 0 Å². The van der Waals surface area contributed by atoms with E-state index in [1.165, 1.54) is 0 Å². The molecule has 0 N–H and O–H groups in total. The van der Waals surface area contributed by atoms with E-state index < -0.39 is 0 Å². The van der Waals surface area contributed by atoms with E-state index in [0.717, 1.165) is 17.7 Å². The summed E-state index contributed by atoms with van der Waals surface area (Å²) in [4.78, 5) is 14.7. The molecule has 132 valence electrons. The molecule has 5 heteroatoms. The number of nitrogens with zero attached hydrogens (tertiary/aromatic N) is 1. The van der Waals surface area contributed by atoms with Crippen molar-refractivity contribution in [3.8, 4) is 11.5 Å². The largest absolute Gasteiger partial charge is 0.489 e. The maximum atomic E-state index is 12.9. The van der Waals surface area contributed by atoms with Gasteiger partial charge in [0.2, 0.25) is 5.91 Å². The molecule has 0 fully saturated rings. The third kappa shape index (κ3) is 4.07. The molecule has 0 saturated heterocycles. The van der Waals surface area contributed by atoms with Gasteiger partial charge in [-0.2, -0.15) is 0 Å². The lowest BCUT2D eigenvalue weighted by Gasteiger charge is -2.27. The topological polar surface area (TPSA) is 38.8 Å². The molecule has 0 atom stereocenters. The maximum absolute atomic E-state index is 12.9. The summed E-state index contributed by atoms with van der Waals surface area (Å²) < 4.78 is 11.4. The van der Waals surface area contributed by atoms with Gasteiger partial charge in [-0.3, -0.25) is 4.79 Å².